The summed E-state index contributed by atoms with van der Waals surface area (Å²) in [6.07, 6.45) is 2.97. The molecule has 254 valence electrons. The van der Waals surface area contributed by atoms with Gasteiger partial charge in [0.25, 0.3) is 15.9 Å². The van der Waals surface area contributed by atoms with Crippen LogP contribution in [-0.2, 0) is 34.7 Å². The molecule has 0 saturated carbocycles. The third kappa shape index (κ3) is 6.42. The monoisotopic (exact) mass is 683 g/mol. The fourth-order valence-electron chi connectivity index (χ4n) is 5.69. The van der Waals surface area contributed by atoms with Gasteiger partial charge in [-0.25, -0.2) is 19.6 Å². The zero-order valence-electron chi connectivity index (χ0n) is 26.2. The number of sulfonamides is 1. The second kappa shape index (κ2) is 14.2. The van der Waals surface area contributed by atoms with E-state index >= 15 is 0 Å². The van der Waals surface area contributed by atoms with Crippen molar-refractivity contribution in [2.75, 3.05) is 39.2 Å². The molecule has 2 aromatic heterocycles. The lowest BCUT2D eigenvalue weighted by atomic mass is 9.81. The molecule has 2 aliphatic heterocycles. The Morgan fingerprint density at radius 1 is 0.958 bits per heavy atom. The van der Waals surface area contributed by atoms with E-state index in [1.807, 2.05) is 0 Å². The fraction of sp³-hybridized carbons (Fsp3) is 0.290. The Morgan fingerprint density at radius 2 is 1.62 bits per heavy atom. The van der Waals surface area contributed by atoms with Crippen LogP contribution in [0.5, 0.6) is 11.6 Å². The molecule has 0 radical (unpaired) electrons. The van der Waals surface area contributed by atoms with Gasteiger partial charge in [0.2, 0.25) is 11.8 Å². The van der Waals surface area contributed by atoms with Crippen LogP contribution in [0.15, 0.2) is 78.1 Å². The Bertz CT molecular complexity index is 1840. The maximum atomic E-state index is 15.0. The molecule has 2 aliphatic rings. The number of methoxy groups -OCH3 is 2. The maximum Gasteiger partial charge on any atom is 0.328 e. The van der Waals surface area contributed by atoms with Gasteiger partial charge in [-0.15, -0.1) is 0 Å². The quantitative estimate of drug-likeness (QED) is 0.265. The molecule has 5 rings (SSSR count). The molecule has 1 saturated heterocycles. The van der Waals surface area contributed by atoms with E-state index in [2.05, 4.69) is 9.97 Å². The molecular formula is C31H33N5O11S. The zero-order valence-corrected chi connectivity index (χ0v) is 27.1. The smallest absolute Gasteiger partial charge is 0.328 e. The van der Waals surface area contributed by atoms with Crippen molar-refractivity contribution in [1.29, 1.82) is 0 Å². The molecular weight excluding hydrogens is 650 g/mol. The Hall–Kier alpha value is -5.39. The van der Waals surface area contributed by atoms with Gasteiger partial charge in [0.1, 0.15) is 5.75 Å². The summed E-state index contributed by atoms with van der Waals surface area (Å²) in [5.74, 6) is -3.36. The Kier molecular flexibility index (Phi) is 10.5. The number of carboxylic acid groups (broad SMARTS) is 2. The predicted molar refractivity (Wildman–Crippen MR) is 168 cm³/mol. The number of hydrogen-bond acceptors (Lipinski definition) is 12. The molecule has 0 bridgehead atoms. The second-order valence-corrected chi connectivity index (χ2v) is 12.4. The van der Waals surface area contributed by atoms with E-state index in [-0.39, 0.29) is 46.6 Å². The van der Waals surface area contributed by atoms with Crippen LogP contribution in [0, 0.1) is 0 Å². The number of carbonyl (C=O) groups excluding carboxylic acids is 2. The number of fused-ring (bicyclic) bond motifs is 1. The highest BCUT2D eigenvalue weighted by atomic mass is 32.2. The van der Waals surface area contributed by atoms with E-state index in [4.69, 9.17) is 19.7 Å². The lowest BCUT2D eigenvalue weighted by molar-refractivity contribution is -0.138. The van der Waals surface area contributed by atoms with Crippen molar-refractivity contribution >= 4 is 39.5 Å². The SMILES string of the molecule is COc1ccc2c(c1)C(c1cccnc1OC)(N1C[C@H](O)C[C@H]1C(=O)N(C)C)C(=O)N2S(=O)(=O)c1ccccn1.O=C(O)C=CC(=O)O. The van der Waals surface area contributed by atoms with Crippen molar-refractivity contribution in [2.45, 2.75) is 29.1 Å². The van der Waals surface area contributed by atoms with Gasteiger partial charge in [-0.1, -0.05) is 6.07 Å². The number of likely N-dealkylation sites (N-methyl/N-ethyl adjacent to an activating group) is 1. The first kappa shape index (κ1) is 35.5. The van der Waals surface area contributed by atoms with Gasteiger partial charge in [0.15, 0.2) is 10.6 Å². The zero-order chi connectivity index (χ0) is 35.4. The van der Waals surface area contributed by atoms with Crippen LogP contribution in [0.3, 0.4) is 0 Å². The number of rotatable bonds is 9. The molecule has 4 heterocycles. The van der Waals surface area contributed by atoms with Crippen LogP contribution in [0.25, 0.3) is 0 Å². The van der Waals surface area contributed by atoms with Crippen LogP contribution >= 0.6 is 0 Å². The number of pyridine rings is 2. The van der Waals surface area contributed by atoms with E-state index in [0.717, 1.165) is 0 Å². The first-order chi connectivity index (χ1) is 22.7. The molecule has 1 unspecified atom stereocenters. The topological polar surface area (TPSA) is 217 Å². The van der Waals surface area contributed by atoms with E-state index in [0.29, 0.717) is 22.2 Å². The normalized spacial score (nSPS) is 20.5. The Morgan fingerprint density at radius 3 is 2.19 bits per heavy atom. The predicted octanol–water partition coefficient (Wildman–Crippen LogP) is 0.708. The molecule has 3 atom stereocenters. The van der Waals surface area contributed by atoms with Crippen molar-refractivity contribution < 1.29 is 52.4 Å². The number of nitrogens with zero attached hydrogens (tertiary/aromatic N) is 5. The molecule has 1 aromatic carbocycles. The van der Waals surface area contributed by atoms with Crippen molar-refractivity contribution in [3.8, 4) is 11.6 Å². The van der Waals surface area contributed by atoms with E-state index in [9.17, 15) is 32.7 Å². The van der Waals surface area contributed by atoms with Gasteiger partial charge in [0, 0.05) is 56.3 Å². The molecule has 3 N–H and O–H groups in total. The molecule has 1 fully saturated rings. The van der Waals surface area contributed by atoms with Crippen LogP contribution in [0.2, 0.25) is 0 Å². The molecule has 0 aliphatic carbocycles. The largest absolute Gasteiger partial charge is 0.497 e. The van der Waals surface area contributed by atoms with Crippen LogP contribution in [0.1, 0.15) is 17.5 Å². The summed E-state index contributed by atoms with van der Waals surface area (Å²) >= 11 is 0. The number of anilines is 1. The maximum absolute atomic E-state index is 15.0. The number of benzene rings is 1. The molecule has 0 spiro atoms. The highest BCUT2D eigenvalue weighted by Crippen LogP contribution is 2.54. The number of hydrogen-bond donors (Lipinski definition) is 3. The summed E-state index contributed by atoms with van der Waals surface area (Å²) in [7, 11) is 1.46. The van der Waals surface area contributed by atoms with Gasteiger partial charge in [0.05, 0.1) is 32.1 Å². The van der Waals surface area contributed by atoms with Crippen LogP contribution in [-0.4, -0.2) is 114 Å². The number of amides is 2. The minimum absolute atomic E-state index is 0.0287. The van der Waals surface area contributed by atoms with Crippen molar-refractivity contribution in [3.63, 3.8) is 0 Å². The summed E-state index contributed by atoms with van der Waals surface area (Å²) in [4.78, 5) is 58.8. The number of aliphatic hydroxyl groups is 1. The summed E-state index contributed by atoms with van der Waals surface area (Å²) in [6.45, 7) is -0.109. The van der Waals surface area contributed by atoms with Gasteiger partial charge < -0.3 is 29.7 Å². The highest BCUT2D eigenvalue weighted by molar-refractivity contribution is 7.93. The third-order valence-corrected chi connectivity index (χ3v) is 9.22. The van der Waals surface area contributed by atoms with Crippen LogP contribution < -0.4 is 13.8 Å². The number of carbonyl (C=O) groups is 4. The Labute approximate surface area is 275 Å². The number of aromatic nitrogens is 2. The number of carboxylic acids is 2. The number of likely N-dealkylation sites (tertiary alicyclic amines) is 1. The Balaban J connectivity index is 0.000000579. The van der Waals surface area contributed by atoms with Crippen molar-refractivity contribution in [2.24, 2.45) is 0 Å². The first-order valence-corrected chi connectivity index (χ1v) is 15.6. The second-order valence-electron chi connectivity index (χ2n) is 10.7. The van der Waals surface area contributed by atoms with Gasteiger partial charge in [-0.3, -0.25) is 14.5 Å². The van der Waals surface area contributed by atoms with Crippen molar-refractivity contribution in [3.05, 3.63) is 84.2 Å². The summed E-state index contributed by atoms with van der Waals surface area (Å²) in [5.41, 5.74) is -1.45. The third-order valence-electron chi connectivity index (χ3n) is 7.61. The first-order valence-electron chi connectivity index (χ1n) is 14.2. The number of aliphatic carboxylic acids is 2. The lowest BCUT2D eigenvalue weighted by Gasteiger charge is -2.41. The van der Waals surface area contributed by atoms with E-state index in [1.54, 1.807) is 49.3 Å². The molecule has 16 nitrogen and oxygen atoms in total. The highest BCUT2D eigenvalue weighted by Gasteiger charge is 2.64. The standard InChI is InChI=1S/C27H29N5O7S.C4H4O4/c1-30(2)25(34)22-14-17(33)16-31(22)27(19-8-7-13-29-24(19)39-4)20-15-18(38-3)10-11-21(20)32(26(27)35)40(36,37)23-9-5-6-12-28-23;5-3(6)1-2-4(7)8/h5-13,15,17,22,33H,14,16H2,1-4H3;1-2H,(H,5,6)(H,7,8)/t17-,22+,27?;/m1./s1. The average Bonchev–Trinajstić information content (AvgIpc) is 3.58. The lowest BCUT2D eigenvalue weighted by Crippen LogP contribution is -2.59. The molecule has 17 heteroatoms. The number of ether oxygens (including phenoxy) is 2. The average molecular weight is 684 g/mol. The fourth-order valence-corrected chi connectivity index (χ4v) is 7.09. The van der Waals surface area contributed by atoms with E-state index < -0.39 is 45.6 Å². The number of β-amino-alcohol motifs (C(OH)–C–C–N with tert-alkyl or cyclic N) is 1. The summed E-state index contributed by atoms with van der Waals surface area (Å²) in [5, 5.41) is 26.1. The van der Waals surface area contributed by atoms with Crippen LogP contribution in [0.4, 0.5) is 5.69 Å². The van der Waals surface area contributed by atoms with Gasteiger partial charge in [-0.2, -0.15) is 12.7 Å². The summed E-state index contributed by atoms with van der Waals surface area (Å²) in [6, 6.07) is 11.2. The molecule has 3 aromatic rings. The molecule has 48 heavy (non-hydrogen) atoms. The van der Waals surface area contributed by atoms with Gasteiger partial charge >= 0.3 is 11.9 Å². The summed E-state index contributed by atoms with van der Waals surface area (Å²) < 4.78 is 39.9. The number of aliphatic hydroxyl groups excluding tert-OH is 1. The minimum Gasteiger partial charge on any atom is -0.497 e. The van der Waals surface area contributed by atoms with Gasteiger partial charge in [-0.05, 0) is 48.9 Å². The van der Waals surface area contributed by atoms with Crippen molar-refractivity contribution in [1.82, 2.24) is 19.8 Å². The molecule has 2 amide bonds. The minimum atomic E-state index is -4.53. The van der Waals surface area contributed by atoms with E-state index in [1.165, 1.54) is 49.7 Å².